The molecular formula is C26H23ClFN5O4. The summed E-state index contributed by atoms with van der Waals surface area (Å²) in [4.78, 5) is 30.2. The first kappa shape index (κ1) is 26.0. The molecule has 1 atom stereocenters. The summed E-state index contributed by atoms with van der Waals surface area (Å²) >= 11 is 6.22. The third kappa shape index (κ3) is 6.00. The number of para-hydroxylation sites is 1. The lowest BCUT2D eigenvalue weighted by molar-refractivity contribution is 0.0834. The maximum atomic E-state index is 14.6. The van der Waals surface area contributed by atoms with Crippen LogP contribution in [-0.2, 0) is 4.74 Å². The van der Waals surface area contributed by atoms with Gasteiger partial charge in [0, 0.05) is 24.9 Å². The van der Waals surface area contributed by atoms with E-state index >= 15 is 0 Å². The number of nitrogens with one attached hydrogen (secondary N) is 2. The fraction of sp³-hybridized carbons (Fsp3) is 0.154. The Labute approximate surface area is 216 Å². The minimum absolute atomic E-state index is 0.00640. The summed E-state index contributed by atoms with van der Waals surface area (Å²) < 4.78 is 21.0. The van der Waals surface area contributed by atoms with Gasteiger partial charge in [-0.15, -0.1) is 0 Å². The van der Waals surface area contributed by atoms with Gasteiger partial charge < -0.3 is 20.5 Å². The SMILES string of the molecule is COC[C@@H](CO)NC(=O)c1cc(NC(=O)c2cc(-c3ccccn3)c(F)cc2Cl)n(-c2ccccc2)n1. The Balaban J connectivity index is 1.68. The topological polar surface area (TPSA) is 118 Å². The van der Waals surface area contributed by atoms with Crippen molar-refractivity contribution in [2.24, 2.45) is 0 Å². The van der Waals surface area contributed by atoms with Crippen LogP contribution in [0.4, 0.5) is 10.2 Å². The van der Waals surface area contributed by atoms with E-state index in [9.17, 15) is 19.1 Å². The molecule has 0 aliphatic heterocycles. The molecule has 0 saturated heterocycles. The lowest BCUT2D eigenvalue weighted by Crippen LogP contribution is -2.40. The molecule has 37 heavy (non-hydrogen) atoms. The molecule has 9 nitrogen and oxygen atoms in total. The molecular weight excluding hydrogens is 501 g/mol. The number of amides is 2. The lowest BCUT2D eigenvalue weighted by atomic mass is 10.1. The van der Waals surface area contributed by atoms with Gasteiger partial charge in [0.1, 0.15) is 11.6 Å². The second-order valence-corrected chi connectivity index (χ2v) is 8.36. The summed E-state index contributed by atoms with van der Waals surface area (Å²) in [5, 5.41) is 19.1. The summed E-state index contributed by atoms with van der Waals surface area (Å²) in [5.74, 6) is -1.66. The van der Waals surface area contributed by atoms with Gasteiger partial charge in [0.05, 0.1) is 41.2 Å². The van der Waals surface area contributed by atoms with Crippen LogP contribution in [0.25, 0.3) is 16.9 Å². The monoisotopic (exact) mass is 523 g/mol. The predicted octanol–water partition coefficient (Wildman–Crippen LogP) is 3.72. The zero-order valence-electron chi connectivity index (χ0n) is 19.7. The number of anilines is 1. The van der Waals surface area contributed by atoms with Crippen LogP contribution in [0.3, 0.4) is 0 Å². The first-order chi connectivity index (χ1) is 17.9. The van der Waals surface area contributed by atoms with E-state index in [1.54, 1.807) is 42.5 Å². The standard InChI is InChI=1S/C26H23ClFN5O4/c1-37-15-16(14-34)30-26(36)23-13-24(33(32-23)17-7-3-2-4-8-17)31-25(35)18-11-19(21(28)12-20(18)27)22-9-5-6-10-29-22/h2-13,16,34H,14-15H2,1H3,(H,30,36)(H,31,35)/t16-/m1/s1. The van der Waals surface area contributed by atoms with E-state index in [1.165, 1.54) is 30.1 Å². The Kier molecular flexibility index (Phi) is 8.24. The first-order valence-corrected chi connectivity index (χ1v) is 11.6. The van der Waals surface area contributed by atoms with Crippen molar-refractivity contribution in [3.63, 3.8) is 0 Å². The molecule has 190 valence electrons. The number of ether oxygens (including phenoxy) is 1. The third-order valence-corrected chi connectivity index (χ3v) is 5.66. The molecule has 4 aromatic rings. The number of methoxy groups -OCH3 is 1. The van der Waals surface area contributed by atoms with Crippen LogP contribution in [0, 0.1) is 5.82 Å². The average Bonchev–Trinajstić information content (AvgIpc) is 3.33. The van der Waals surface area contributed by atoms with Crippen LogP contribution in [0.2, 0.25) is 5.02 Å². The average molecular weight is 524 g/mol. The summed E-state index contributed by atoms with van der Waals surface area (Å²) in [6.07, 6.45) is 1.52. The number of aromatic nitrogens is 3. The minimum Gasteiger partial charge on any atom is -0.394 e. The number of halogens is 2. The van der Waals surface area contributed by atoms with E-state index in [0.717, 1.165) is 6.07 Å². The minimum atomic E-state index is -0.640. The lowest BCUT2D eigenvalue weighted by Gasteiger charge is -2.13. The number of carbonyl (C=O) groups excluding carboxylic acids is 2. The second-order valence-electron chi connectivity index (χ2n) is 7.95. The van der Waals surface area contributed by atoms with Crippen LogP contribution in [0.5, 0.6) is 0 Å². The summed E-state index contributed by atoms with van der Waals surface area (Å²) in [7, 11) is 1.45. The molecule has 2 amide bonds. The Bertz CT molecular complexity index is 1400. The molecule has 0 radical (unpaired) electrons. The van der Waals surface area contributed by atoms with E-state index in [2.05, 4.69) is 20.7 Å². The van der Waals surface area contributed by atoms with Gasteiger partial charge in [-0.3, -0.25) is 14.6 Å². The van der Waals surface area contributed by atoms with E-state index < -0.39 is 23.7 Å². The number of aliphatic hydroxyl groups is 1. The van der Waals surface area contributed by atoms with Crippen LogP contribution in [0.1, 0.15) is 20.8 Å². The fourth-order valence-electron chi connectivity index (χ4n) is 3.57. The molecule has 0 saturated carbocycles. The van der Waals surface area contributed by atoms with E-state index in [0.29, 0.717) is 11.4 Å². The van der Waals surface area contributed by atoms with E-state index in [1.807, 2.05) is 6.07 Å². The second kappa shape index (κ2) is 11.7. The molecule has 0 aliphatic carbocycles. The Morgan fingerprint density at radius 3 is 2.54 bits per heavy atom. The number of carbonyl (C=O) groups is 2. The largest absolute Gasteiger partial charge is 0.394 e. The zero-order chi connectivity index (χ0) is 26.4. The van der Waals surface area contributed by atoms with Crippen LogP contribution < -0.4 is 10.6 Å². The predicted molar refractivity (Wildman–Crippen MR) is 136 cm³/mol. The molecule has 3 N–H and O–H groups in total. The smallest absolute Gasteiger partial charge is 0.272 e. The molecule has 4 rings (SSSR count). The number of nitrogens with zero attached hydrogens (tertiary/aromatic N) is 3. The van der Waals surface area contributed by atoms with Crippen molar-refractivity contribution < 1.29 is 23.8 Å². The van der Waals surface area contributed by atoms with Gasteiger partial charge in [0.25, 0.3) is 11.8 Å². The molecule has 2 aromatic carbocycles. The molecule has 2 aromatic heterocycles. The highest BCUT2D eigenvalue weighted by atomic mass is 35.5. The van der Waals surface area contributed by atoms with Crippen LogP contribution in [-0.4, -0.2) is 58.1 Å². The Hall–Kier alpha value is -4.12. The highest BCUT2D eigenvalue weighted by molar-refractivity contribution is 6.34. The van der Waals surface area contributed by atoms with Crippen LogP contribution in [0.15, 0.2) is 72.9 Å². The number of hydrogen-bond acceptors (Lipinski definition) is 6. The van der Waals surface area contributed by atoms with Crippen molar-refractivity contribution in [2.45, 2.75) is 6.04 Å². The highest BCUT2D eigenvalue weighted by Gasteiger charge is 2.22. The van der Waals surface area contributed by atoms with Crippen molar-refractivity contribution >= 4 is 29.2 Å². The van der Waals surface area contributed by atoms with Crippen molar-refractivity contribution in [1.82, 2.24) is 20.1 Å². The van der Waals surface area contributed by atoms with Crippen molar-refractivity contribution in [2.75, 3.05) is 25.6 Å². The number of benzene rings is 2. The quantitative estimate of drug-likeness (QED) is 0.308. The van der Waals surface area contributed by atoms with Gasteiger partial charge in [-0.05, 0) is 36.4 Å². The molecule has 0 unspecified atom stereocenters. The zero-order valence-corrected chi connectivity index (χ0v) is 20.4. The Morgan fingerprint density at radius 1 is 1.11 bits per heavy atom. The number of rotatable bonds is 9. The summed E-state index contributed by atoms with van der Waals surface area (Å²) in [6.45, 7) is -0.225. The third-order valence-electron chi connectivity index (χ3n) is 5.35. The maximum Gasteiger partial charge on any atom is 0.272 e. The normalized spacial score (nSPS) is 11.7. The molecule has 11 heteroatoms. The molecule has 2 heterocycles. The fourth-order valence-corrected chi connectivity index (χ4v) is 3.81. The maximum absolute atomic E-state index is 14.6. The molecule has 0 fully saturated rings. The van der Waals surface area contributed by atoms with Crippen molar-refractivity contribution in [1.29, 1.82) is 0 Å². The summed E-state index contributed by atoms with van der Waals surface area (Å²) in [5.41, 5.74) is 1.03. The van der Waals surface area contributed by atoms with E-state index in [-0.39, 0.29) is 40.9 Å². The molecule has 0 spiro atoms. The van der Waals surface area contributed by atoms with Crippen molar-refractivity contribution in [3.05, 3.63) is 95.0 Å². The highest BCUT2D eigenvalue weighted by Crippen LogP contribution is 2.28. The van der Waals surface area contributed by atoms with Gasteiger partial charge >= 0.3 is 0 Å². The summed E-state index contributed by atoms with van der Waals surface area (Å²) in [6, 6.07) is 17.0. The number of hydrogen-bond donors (Lipinski definition) is 3. The molecule has 0 bridgehead atoms. The number of aliphatic hydroxyl groups excluding tert-OH is 1. The van der Waals surface area contributed by atoms with Gasteiger partial charge in [-0.2, -0.15) is 5.10 Å². The van der Waals surface area contributed by atoms with Gasteiger partial charge in [-0.25, -0.2) is 9.07 Å². The van der Waals surface area contributed by atoms with E-state index in [4.69, 9.17) is 16.3 Å². The Morgan fingerprint density at radius 2 is 1.86 bits per heavy atom. The van der Waals surface area contributed by atoms with Gasteiger partial charge in [0.15, 0.2) is 5.69 Å². The van der Waals surface area contributed by atoms with Gasteiger partial charge in [-0.1, -0.05) is 35.9 Å². The number of pyridine rings is 1. The van der Waals surface area contributed by atoms with Gasteiger partial charge in [0.2, 0.25) is 0 Å². The van der Waals surface area contributed by atoms with Crippen molar-refractivity contribution in [3.8, 4) is 16.9 Å². The van der Waals surface area contributed by atoms with Crippen LogP contribution >= 0.6 is 11.6 Å². The first-order valence-electron chi connectivity index (χ1n) is 11.2. The molecule has 0 aliphatic rings.